The van der Waals surface area contributed by atoms with Gasteiger partial charge in [-0.05, 0) is 62.2 Å². The van der Waals surface area contributed by atoms with E-state index in [0.717, 1.165) is 16.8 Å². The number of aryl methyl sites for hydroxylation is 1. The van der Waals surface area contributed by atoms with E-state index in [2.05, 4.69) is 15.6 Å². The molecular weight excluding hydrogens is 376 g/mol. The third-order valence-electron chi connectivity index (χ3n) is 4.48. The summed E-state index contributed by atoms with van der Waals surface area (Å²) in [5.41, 5.74) is 3.81. The lowest BCUT2D eigenvalue weighted by molar-refractivity contribution is -0.116. The number of nitrogens with one attached hydrogen (secondary N) is 2. The summed E-state index contributed by atoms with van der Waals surface area (Å²) >= 11 is 6.20. The van der Waals surface area contributed by atoms with Crippen LogP contribution in [-0.4, -0.2) is 27.9 Å². The Bertz CT molecular complexity index is 1030. The Hall–Kier alpha value is -2.86. The number of nitrogens with zero attached hydrogens (tertiary/aromatic N) is 2. The summed E-state index contributed by atoms with van der Waals surface area (Å²) in [6, 6.07) is 13.0. The summed E-state index contributed by atoms with van der Waals surface area (Å²) in [7, 11) is 0. The smallest absolute Gasteiger partial charge is 0.251 e. The standard InChI is InChI=1S/C21H23ClN4O2/c1-13(2)26-18-9-8-15(12-17(18)25-21(26)22)20(28)23-11-10-19(27)24-16-7-5-4-6-14(16)3/h4-9,12-13H,10-11H2,1-3H3,(H,23,28)(H,24,27). The first-order valence-corrected chi connectivity index (χ1v) is 9.56. The number of imidazole rings is 1. The number of para-hydroxylation sites is 1. The molecule has 0 bridgehead atoms. The van der Waals surface area contributed by atoms with Crippen LogP contribution in [0.5, 0.6) is 0 Å². The summed E-state index contributed by atoms with van der Waals surface area (Å²) < 4.78 is 1.91. The Labute approximate surface area is 168 Å². The zero-order valence-electron chi connectivity index (χ0n) is 16.1. The molecule has 6 nitrogen and oxygen atoms in total. The molecule has 0 aliphatic heterocycles. The largest absolute Gasteiger partial charge is 0.352 e. The summed E-state index contributed by atoms with van der Waals surface area (Å²) in [5, 5.41) is 6.02. The molecule has 2 amide bonds. The molecular formula is C21H23ClN4O2. The van der Waals surface area contributed by atoms with Gasteiger partial charge in [-0.1, -0.05) is 18.2 Å². The first kappa shape index (κ1) is 19.9. The topological polar surface area (TPSA) is 76.0 Å². The number of rotatable bonds is 6. The maximum Gasteiger partial charge on any atom is 0.251 e. The highest BCUT2D eigenvalue weighted by molar-refractivity contribution is 6.29. The van der Waals surface area contributed by atoms with Crippen LogP contribution in [0.3, 0.4) is 0 Å². The van der Waals surface area contributed by atoms with Gasteiger partial charge in [-0.15, -0.1) is 0 Å². The second-order valence-corrected chi connectivity index (χ2v) is 7.26. The first-order chi connectivity index (χ1) is 13.4. The zero-order valence-corrected chi connectivity index (χ0v) is 16.9. The van der Waals surface area contributed by atoms with E-state index in [1.165, 1.54) is 0 Å². The molecule has 0 saturated carbocycles. The minimum Gasteiger partial charge on any atom is -0.352 e. The zero-order chi connectivity index (χ0) is 20.3. The van der Waals surface area contributed by atoms with Crippen LogP contribution in [0.2, 0.25) is 5.28 Å². The van der Waals surface area contributed by atoms with Crippen molar-refractivity contribution in [3.63, 3.8) is 0 Å². The quantitative estimate of drug-likeness (QED) is 0.648. The maximum absolute atomic E-state index is 12.4. The highest BCUT2D eigenvalue weighted by Crippen LogP contribution is 2.25. The van der Waals surface area contributed by atoms with Crippen LogP contribution >= 0.6 is 11.6 Å². The van der Waals surface area contributed by atoms with Crippen molar-refractivity contribution in [3.05, 3.63) is 58.9 Å². The van der Waals surface area contributed by atoms with E-state index in [1.54, 1.807) is 12.1 Å². The van der Waals surface area contributed by atoms with E-state index in [9.17, 15) is 9.59 Å². The molecule has 1 aromatic heterocycles. The van der Waals surface area contributed by atoms with Gasteiger partial charge in [-0.3, -0.25) is 9.59 Å². The van der Waals surface area contributed by atoms with Gasteiger partial charge in [0.2, 0.25) is 11.2 Å². The van der Waals surface area contributed by atoms with Gasteiger partial charge in [0.05, 0.1) is 11.0 Å². The molecule has 146 valence electrons. The number of amides is 2. The Balaban J connectivity index is 1.59. The van der Waals surface area contributed by atoms with Gasteiger partial charge in [0, 0.05) is 30.3 Å². The van der Waals surface area contributed by atoms with E-state index < -0.39 is 0 Å². The van der Waals surface area contributed by atoms with Gasteiger partial charge in [0.1, 0.15) is 0 Å². The number of carbonyl (C=O) groups is 2. The lowest BCUT2D eigenvalue weighted by Crippen LogP contribution is -2.27. The summed E-state index contributed by atoms with van der Waals surface area (Å²) in [6.45, 7) is 6.22. The predicted molar refractivity (Wildman–Crippen MR) is 112 cm³/mol. The number of halogens is 1. The third-order valence-corrected chi connectivity index (χ3v) is 4.75. The Morgan fingerprint density at radius 3 is 2.64 bits per heavy atom. The molecule has 2 N–H and O–H groups in total. The van der Waals surface area contributed by atoms with Crippen LogP contribution in [0, 0.1) is 6.92 Å². The first-order valence-electron chi connectivity index (χ1n) is 9.18. The predicted octanol–water partition coefficient (Wildman–Crippen LogP) is 4.34. The number of benzene rings is 2. The number of hydrogen-bond acceptors (Lipinski definition) is 3. The van der Waals surface area contributed by atoms with Crippen molar-refractivity contribution in [2.45, 2.75) is 33.2 Å². The second-order valence-electron chi connectivity index (χ2n) is 6.92. The van der Waals surface area contributed by atoms with Crippen LogP contribution in [0.1, 0.15) is 42.2 Å². The van der Waals surface area contributed by atoms with Crippen molar-refractivity contribution in [1.29, 1.82) is 0 Å². The van der Waals surface area contributed by atoms with Gasteiger partial charge in [0.25, 0.3) is 5.91 Å². The maximum atomic E-state index is 12.4. The normalized spacial score (nSPS) is 11.0. The van der Waals surface area contributed by atoms with E-state index in [1.807, 2.05) is 55.7 Å². The fourth-order valence-electron chi connectivity index (χ4n) is 3.02. The van der Waals surface area contributed by atoms with Crippen molar-refractivity contribution >= 4 is 40.1 Å². The fraction of sp³-hybridized carbons (Fsp3) is 0.286. The van der Waals surface area contributed by atoms with Crippen molar-refractivity contribution in [1.82, 2.24) is 14.9 Å². The molecule has 0 spiro atoms. The van der Waals surface area contributed by atoms with E-state index in [4.69, 9.17) is 11.6 Å². The molecule has 0 fully saturated rings. The molecule has 0 saturated heterocycles. The van der Waals surface area contributed by atoms with Crippen molar-refractivity contribution in [3.8, 4) is 0 Å². The number of aromatic nitrogens is 2. The molecule has 3 rings (SSSR count). The number of fused-ring (bicyclic) bond motifs is 1. The Morgan fingerprint density at radius 2 is 1.93 bits per heavy atom. The molecule has 7 heteroatoms. The molecule has 1 heterocycles. The van der Waals surface area contributed by atoms with Gasteiger partial charge < -0.3 is 15.2 Å². The number of anilines is 1. The monoisotopic (exact) mass is 398 g/mol. The average molecular weight is 399 g/mol. The summed E-state index contributed by atoms with van der Waals surface area (Å²) in [5.74, 6) is -0.395. The molecule has 28 heavy (non-hydrogen) atoms. The van der Waals surface area contributed by atoms with Crippen LogP contribution in [0.25, 0.3) is 11.0 Å². The van der Waals surface area contributed by atoms with Crippen LogP contribution in [0.15, 0.2) is 42.5 Å². The fourth-order valence-corrected chi connectivity index (χ4v) is 3.40. The van der Waals surface area contributed by atoms with Crippen molar-refractivity contribution < 1.29 is 9.59 Å². The van der Waals surface area contributed by atoms with E-state index in [-0.39, 0.29) is 30.8 Å². The molecule has 0 radical (unpaired) electrons. The van der Waals surface area contributed by atoms with Crippen LogP contribution in [-0.2, 0) is 4.79 Å². The molecule has 0 aliphatic rings. The average Bonchev–Trinajstić information content (AvgIpc) is 2.98. The van der Waals surface area contributed by atoms with Crippen molar-refractivity contribution in [2.75, 3.05) is 11.9 Å². The summed E-state index contributed by atoms with van der Waals surface area (Å²) in [6.07, 6.45) is 0.191. The number of hydrogen-bond donors (Lipinski definition) is 2. The number of carbonyl (C=O) groups excluding carboxylic acids is 2. The highest BCUT2D eigenvalue weighted by atomic mass is 35.5. The van der Waals surface area contributed by atoms with E-state index >= 15 is 0 Å². The molecule has 3 aromatic rings. The summed E-state index contributed by atoms with van der Waals surface area (Å²) in [4.78, 5) is 28.8. The molecule has 0 aliphatic carbocycles. The molecule has 0 atom stereocenters. The van der Waals surface area contributed by atoms with Gasteiger partial charge >= 0.3 is 0 Å². The Kier molecular flexibility index (Phi) is 5.99. The van der Waals surface area contributed by atoms with Crippen molar-refractivity contribution in [2.24, 2.45) is 0 Å². The van der Waals surface area contributed by atoms with E-state index in [0.29, 0.717) is 16.4 Å². The minimum absolute atomic E-state index is 0.146. The van der Waals surface area contributed by atoms with Crippen LogP contribution < -0.4 is 10.6 Å². The van der Waals surface area contributed by atoms with Gasteiger partial charge in [0.15, 0.2) is 0 Å². The minimum atomic E-state index is -0.249. The molecule has 2 aromatic carbocycles. The van der Waals surface area contributed by atoms with Gasteiger partial charge in [-0.25, -0.2) is 4.98 Å². The molecule has 0 unspecified atom stereocenters. The van der Waals surface area contributed by atoms with Gasteiger partial charge in [-0.2, -0.15) is 0 Å². The lowest BCUT2D eigenvalue weighted by atomic mass is 10.1. The SMILES string of the molecule is Cc1ccccc1NC(=O)CCNC(=O)c1ccc2c(c1)nc(Cl)n2C(C)C. The second kappa shape index (κ2) is 8.44. The third kappa shape index (κ3) is 4.34. The highest BCUT2D eigenvalue weighted by Gasteiger charge is 2.14. The van der Waals surface area contributed by atoms with Crippen LogP contribution in [0.4, 0.5) is 5.69 Å². The Morgan fingerprint density at radius 1 is 1.18 bits per heavy atom. The lowest BCUT2D eigenvalue weighted by Gasteiger charge is -2.10.